The molecule has 0 spiro atoms. The summed E-state index contributed by atoms with van der Waals surface area (Å²) in [5.41, 5.74) is 1.47. The van der Waals surface area contributed by atoms with E-state index in [0.29, 0.717) is 11.9 Å². The molecule has 0 aromatic heterocycles. The highest BCUT2D eigenvalue weighted by molar-refractivity contribution is 6.74. The summed E-state index contributed by atoms with van der Waals surface area (Å²) in [6.07, 6.45) is 5.86. The van der Waals surface area contributed by atoms with Gasteiger partial charge in [0.25, 0.3) is 0 Å². The highest BCUT2D eigenvalue weighted by atomic mass is 28.4. The summed E-state index contributed by atoms with van der Waals surface area (Å²) in [5, 5.41) is 0.185. The molecule has 1 fully saturated rings. The Morgan fingerprint density at radius 2 is 2.05 bits per heavy atom. The van der Waals surface area contributed by atoms with Crippen LogP contribution in [0.4, 0.5) is 0 Å². The lowest BCUT2D eigenvalue weighted by Crippen LogP contribution is -2.64. The standard InChI is InChI=1S/C18H33NO2Si/c1-8-9-10-14-11-12-19-16(14)15(17(19)20)13(2)21-22(6,7)18(3,4)5/h11,13,15-16H,8-10,12H2,1-7H3/t13-,15-,16-/m1/s1. The van der Waals surface area contributed by atoms with Gasteiger partial charge in [0.2, 0.25) is 5.91 Å². The Morgan fingerprint density at radius 3 is 2.59 bits per heavy atom. The predicted octanol–water partition coefficient (Wildman–Crippen LogP) is 4.35. The van der Waals surface area contributed by atoms with Gasteiger partial charge in [-0.25, -0.2) is 0 Å². The molecule has 2 heterocycles. The van der Waals surface area contributed by atoms with Gasteiger partial charge in [-0.15, -0.1) is 0 Å². The minimum absolute atomic E-state index is 0.0257. The zero-order valence-electron chi connectivity index (χ0n) is 15.4. The summed E-state index contributed by atoms with van der Waals surface area (Å²) >= 11 is 0. The van der Waals surface area contributed by atoms with Gasteiger partial charge in [0.1, 0.15) is 0 Å². The van der Waals surface area contributed by atoms with Crippen molar-refractivity contribution in [1.29, 1.82) is 0 Å². The molecule has 4 heteroatoms. The van der Waals surface area contributed by atoms with Gasteiger partial charge >= 0.3 is 0 Å². The number of carbonyl (C=O) groups is 1. The largest absolute Gasteiger partial charge is 0.413 e. The van der Waals surface area contributed by atoms with Crippen molar-refractivity contribution < 1.29 is 9.22 Å². The number of nitrogens with zero attached hydrogens (tertiary/aromatic N) is 1. The number of fused-ring (bicyclic) bond motifs is 1. The maximum absolute atomic E-state index is 12.5. The number of rotatable bonds is 6. The van der Waals surface area contributed by atoms with Crippen LogP contribution in [0.15, 0.2) is 11.6 Å². The quantitative estimate of drug-likeness (QED) is 0.413. The maximum atomic E-state index is 12.5. The fourth-order valence-corrected chi connectivity index (χ4v) is 4.78. The first kappa shape index (κ1) is 17.7. The lowest BCUT2D eigenvalue weighted by atomic mass is 9.80. The molecule has 0 aliphatic carbocycles. The third-order valence-corrected chi connectivity index (χ3v) is 10.4. The molecule has 2 aliphatic heterocycles. The molecular formula is C18H33NO2Si. The van der Waals surface area contributed by atoms with Gasteiger partial charge in [-0.1, -0.05) is 40.2 Å². The third kappa shape index (κ3) is 3.05. The zero-order chi connectivity index (χ0) is 16.7. The number of β-lactam (4-membered cyclic amide) rings is 1. The number of hydrogen-bond donors (Lipinski definition) is 0. The molecule has 126 valence electrons. The van der Waals surface area contributed by atoms with Crippen LogP contribution in [0.5, 0.6) is 0 Å². The second kappa shape index (κ2) is 6.12. The molecule has 0 radical (unpaired) electrons. The molecule has 0 aromatic rings. The van der Waals surface area contributed by atoms with Crippen molar-refractivity contribution in [3.05, 3.63) is 11.6 Å². The highest BCUT2D eigenvalue weighted by Crippen LogP contribution is 2.44. The van der Waals surface area contributed by atoms with Gasteiger partial charge in [0.05, 0.1) is 18.1 Å². The van der Waals surface area contributed by atoms with Crippen LogP contribution in [0.25, 0.3) is 0 Å². The number of unbranched alkanes of at least 4 members (excludes halogenated alkanes) is 1. The van der Waals surface area contributed by atoms with Crippen LogP contribution < -0.4 is 0 Å². The summed E-state index contributed by atoms with van der Waals surface area (Å²) in [6.45, 7) is 16.4. The van der Waals surface area contributed by atoms with Gasteiger partial charge < -0.3 is 9.33 Å². The van der Waals surface area contributed by atoms with Crippen LogP contribution in [-0.4, -0.2) is 37.8 Å². The number of hydrogen-bond acceptors (Lipinski definition) is 2. The number of carbonyl (C=O) groups excluding carboxylic acids is 1. The zero-order valence-corrected chi connectivity index (χ0v) is 16.4. The summed E-state index contributed by atoms with van der Waals surface area (Å²) < 4.78 is 6.50. The van der Waals surface area contributed by atoms with E-state index in [-0.39, 0.29) is 17.1 Å². The second-order valence-electron chi connectivity index (χ2n) is 8.43. The average molecular weight is 324 g/mol. The van der Waals surface area contributed by atoms with Crippen molar-refractivity contribution in [1.82, 2.24) is 4.90 Å². The molecule has 0 bridgehead atoms. The molecule has 0 N–H and O–H groups in total. The normalized spacial score (nSPS) is 26.6. The van der Waals surface area contributed by atoms with Crippen molar-refractivity contribution >= 4 is 14.2 Å². The van der Waals surface area contributed by atoms with Gasteiger partial charge in [0, 0.05) is 6.54 Å². The fourth-order valence-electron chi connectivity index (χ4n) is 3.35. The smallest absolute Gasteiger partial charge is 0.231 e. The Morgan fingerprint density at radius 1 is 1.41 bits per heavy atom. The van der Waals surface area contributed by atoms with Crippen molar-refractivity contribution in [2.75, 3.05) is 6.54 Å². The molecule has 1 saturated heterocycles. The second-order valence-corrected chi connectivity index (χ2v) is 13.2. The van der Waals surface area contributed by atoms with Crippen molar-refractivity contribution in [2.45, 2.75) is 84.2 Å². The SMILES string of the molecule is CCCCC1=CCN2C(=O)[C@H]([C@@H](C)O[Si](C)(C)C(C)(C)C)[C@@H]12. The first-order chi connectivity index (χ1) is 10.1. The molecule has 3 nitrogen and oxygen atoms in total. The minimum Gasteiger partial charge on any atom is -0.413 e. The fraction of sp³-hybridized carbons (Fsp3) is 0.833. The van der Waals surface area contributed by atoms with E-state index >= 15 is 0 Å². The Hall–Kier alpha value is -0.613. The molecule has 0 saturated carbocycles. The Labute approximate surface area is 137 Å². The molecule has 22 heavy (non-hydrogen) atoms. The third-order valence-electron chi connectivity index (χ3n) is 5.79. The van der Waals surface area contributed by atoms with Gasteiger partial charge in [0.15, 0.2) is 8.32 Å². The van der Waals surface area contributed by atoms with Crippen LogP contribution in [0.3, 0.4) is 0 Å². The van der Waals surface area contributed by atoms with Crippen LogP contribution >= 0.6 is 0 Å². The topological polar surface area (TPSA) is 29.5 Å². The van der Waals surface area contributed by atoms with E-state index in [1.807, 2.05) is 4.90 Å². The van der Waals surface area contributed by atoms with E-state index in [1.165, 1.54) is 18.4 Å². The van der Waals surface area contributed by atoms with E-state index in [1.54, 1.807) is 0 Å². The lowest BCUT2D eigenvalue weighted by molar-refractivity contribution is -0.157. The Balaban J connectivity index is 2.05. The summed E-state index contributed by atoms with van der Waals surface area (Å²) in [7, 11) is -1.82. The van der Waals surface area contributed by atoms with Gasteiger partial charge in [-0.05, 0) is 43.5 Å². The summed E-state index contributed by atoms with van der Waals surface area (Å²) in [4.78, 5) is 14.5. The van der Waals surface area contributed by atoms with Crippen LogP contribution in [0.1, 0.15) is 53.9 Å². The predicted molar refractivity (Wildman–Crippen MR) is 94.3 cm³/mol. The van der Waals surface area contributed by atoms with Crippen LogP contribution in [-0.2, 0) is 9.22 Å². The van der Waals surface area contributed by atoms with Crippen LogP contribution in [0, 0.1) is 5.92 Å². The summed E-state index contributed by atoms with van der Waals surface area (Å²) in [6, 6.07) is 0.318. The molecule has 2 aliphatic rings. The molecule has 1 amide bonds. The lowest BCUT2D eigenvalue weighted by Gasteiger charge is -2.49. The Bertz CT molecular complexity index is 464. The van der Waals surface area contributed by atoms with E-state index < -0.39 is 8.32 Å². The van der Waals surface area contributed by atoms with Gasteiger partial charge in [-0.2, -0.15) is 0 Å². The van der Waals surface area contributed by atoms with E-state index in [2.05, 4.69) is 53.8 Å². The average Bonchev–Trinajstić information content (AvgIpc) is 2.73. The molecule has 0 aromatic carbocycles. The van der Waals surface area contributed by atoms with Crippen molar-refractivity contribution in [3.8, 4) is 0 Å². The molecular weight excluding hydrogens is 290 g/mol. The van der Waals surface area contributed by atoms with Crippen LogP contribution in [0.2, 0.25) is 18.1 Å². The van der Waals surface area contributed by atoms with Gasteiger partial charge in [-0.3, -0.25) is 4.79 Å². The monoisotopic (exact) mass is 323 g/mol. The first-order valence-electron chi connectivity index (χ1n) is 8.77. The van der Waals surface area contributed by atoms with E-state index in [4.69, 9.17) is 4.43 Å². The van der Waals surface area contributed by atoms with E-state index in [9.17, 15) is 4.79 Å². The minimum atomic E-state index is -1.82. The maximum Gasteiger partial charge on any atom is 0.231 e. The van der Waals surface area contributed by atoms with E-state index in [0.717, 1.165) is 13.0 Å². The summed E-state index contributed by atoms with van der Waals surface area (Å²) in [5.74, 6) is 0.332. The molecule has 0 unspecified atom stereocenters. The van der Waals surface area contributed by atoms with Crippen molar-refractivity contribution in [2.24, 2.45) is 5.92 Å². The highest BCUT2D eigenvalue weighted by Gasteiger charge is 2.54. The molecule has 3 atom stereocenters. The first-order valence-corrected chi connectivity index (χ1v) is 11.7. The molecule has 2 rings (SSSR count). The number of amides is 1. The van der Waals surface area contributed by atoms with Crippen molar-refractivity contribution in [3.63, 3.8) is 0 Å². The Kier molecular flexibility index (Phi) is 4.93.